The second-order valence-electron chi connectivity index (χ2n) is 8.97. The molecule has 6 heteroatoms. The van der Waals surface area contributed by atoms with Crippen LogP contribution in [0.2, 0.25) is 10.0 Å². The third-order valence-electron chi connectivity index (χ3n) is 5.52. The van der Waals surface area contributed by atoms with Gasteiger partial charge in [-0.15, -0.1) is 0 Å². The third kappa shape index (κ3) is 6.29. The summed E-state index contributed by atoms with van der Waals surface area (Å²) in [5, 5.41) is 4.35. The Morgan fingerprint density at radius 2 is 1.48 bits per heavy atom. The first-order valence-corrected chi connectivity index (χ1v) is 11.7. The molecule has 0 aromatic heterocycles. The Morgan fingerprint density at radius 1 is 0.939 bits per heavy atom. The fourth-order valence-corrected chi connectivity index (χ4v) is 3.85. The molecule has 3 aromatic carbocycles. The molecule has 0 aliphatic carbocycles. The number of carbonyl (C=O) groups excluding carboxylic acids is 1. The minimum Gasteiger partial charge on any atom is -0.493 e. The number of hydrogen-bond donors (Lipinski definition) is 2. The first-order chi connectivity index (χ1) is 15.6. The van der Waals surface area contributed by atoms with Crippen LogP contribution in [0.15, 0.2) is 66.7 Å². The smallest absolute Gasteiger partial charge is 0.255 e. The average Bonchev–Trinajstić information content (AvgIpc) is 2.77. The minimum absolute atomic E-state index is 0.0658. The Labute approximate surface area is 206 Å². The zero-order chi connectivity index (χ0) is 24.2. The largest absolute Gasteiger partial charge is 0.493 e. The summed E-state index contributed by atoms with van der Waals surface area (Å²) in [6, 6.07) is 19.3. The lowest BCUT2D eigenvalue weighted by molar-refractivity contribution is 0.0926. The molecule has 174 valence electrons. The molecule has 0 radical (unpaired) electrons. The molecule has 3 N–H and O–H groups in total. The van der Waals surface area contributed by atoms with Gasteiger partial charge in [0.05, 0.1) is 24.3 Å². The molecule has 0 bridgehead atoms. The first kappa shape index (κ1) is 25.1. The van der Waals surface area contributed by atoms with Gasteiger partial charge in [-0.25, -0.2) is 0 Å². The average molecular weight is 485 g/mol. The summed E-state index contributed by atoms with van der Waals surface area (Å²) in [6.07, 6.45) is 0. The molecule has 2 atom stereocenters. The van der Waals surface area contributed by atoms with Crippen LogP contribution in [-0.4, -0.2) is 12.5 Å². The molecule has 33 heavy (non-hydrogen) atoms. The topological polar surface area (TPSA) is 64.3 Å². The third-order valence-corrected chi connectivity index (χ3v) is 6.03. The van der Waals surface area contributed by atoms with Crippen LogP contribution in [0.1, 0.15) is 66.8 Å². The Morgan fingerprint density at radius 3 is 2.00 bits per heavy atom. The minimum atomic E-state index is -0.503. The number of hydrogen-bond acceptors (Lipinski definition) is 3. The van der Waals surface area contributed by atoms with Crippen LogP contribution in [0.4, 0.5) is 0 Å². The SMILES string of the molecule is CCOc1cc(C(C)(C)C)ccc1C(=O)N[C@@H](c1ccc(Cl)cc1)[C@H](N)c1ccc(Cl)cc1. The van der Waals surface area contributed by atoms with E-state index in [0.717, 1.165) is 16.7 Å². The van der Waals surface area contributed by atoms with Crippen molar-refractivity contribution in [3.63, 3.8) is 0 Å². The molecule has 0 saturated heterocycles. The van der Waals surface area contributed by atoms with Crippen molar-refractivity contribution in [1.82, 2.24) is 5.32 Å². The van der Waals surface area contributed by atoms with E-state index in [-0.39, 0.29) is 11.3 Å². The summed E-state index contributed by atoms with van der Waals surface area (Å²) >= 11 is 12.1. The molecule has 0 fully saturated rings. The van der Waals surface area contributed by atoms with Crippen LogP contribution < -0.4 is 15.8 Å². The molecule has 0 spiro atoms. The van der Waals surface area contributed by atoms with E-state index in [0.29, 0.717) is 28.0 Å². The molecule has 0 saturated carbocycles. The molecule has 0 unspecified atom stereocenters. The zero-order valence-electron chi connectivity index (χ0n) is 19.4. The van der Waals surface area contributed by atoms with Crippen LogP contribution in [0, 0.1) is 0 Å². The van der Waals surface area contributed by atoms with Crippen molar-refractivity contribution < 1.29 is 9.53 Å². The van der Waals surface area contributed by atoms with Gasteiger partial charge in [-0.1, -0.05) is 74.3 Å². The number of ether oxygens (including phenoxy) is 1. The maximum absolute atomic E-state index is 13.4. The molecular formula is C27H30Cl2N2O2. The van der Waals surface area contributed by atoms with Crippen molar-refractivity contribution >= 4 is 29.1 Å². The van der Waals surface area contributed by atoms with Crippen LogP contribution in [0.3, 0.4) is 0 Å². The van der Waals surface area contributed by atoms with Crippen LogP contribution >= 0.6 is 23.2 Å². The van der Waals surface area contributed by atoms with Gasteiger partial charge in [0.2, 0.25) is 0 Å². The number of nitrogens with one attached hydrogen (secondary N) is 1. The lowest BCUT2D eigenvalue weighted by Crippen LogP contribution is -2.36. The number of amides is 1. The molecule has 0 aliphatic rings. The quantitative estimate of drug-likeness (QED) is 0.384. The van der Waals surface area contributed by atoms with Gasteiger partial charge in [-0.2, -0.15) is 0 Å². The van der Waals surface area contributed by atoms with Crippen molar-refractivity contribution in [3.8, 4) is 5.75 Å². The summed E-state index contributed by atoms with van der Waals surface area (Å²) in [7, 11) is 0. The molecule has 3 rings (SSSR count). The standard InChI is InChI=1S/C27H30Cl2N2O2/c1-5-33-23-16-19(27(2,3)4)10-15-22(23)26(32)31-25(18-8-13-21(29)14-9-18)24(30)17-6-11-20(28)12-7-17/h6-16,24-25H,5,30H2,1-4H3,(H,31,32)/t24-,25+/m1/s1. The second kappa shape index (κ2) is 10.6. The fraction of sp³-hybridized carbons (Fsp3) is 0.296. The summed E-state index contributed by atoms with van der Waals surface area (Å²) < 4.78 is 5.83. The highest BCUT2D eigenvalue weighted by atomic mass is 35.5. The van der Waals surface area contributed by atoms with Crippen molar-refractivity contribution in [2.45, 2.75) is 45.2 Å². The van der Waals surface area contributed by atoms with Crippen LogP contribution in [-0.2, 0) is 5.41 Å². The van der Waals surface area contributed by atoms with Gasteiger partial charge in [0.15, 0.2) is 0 Å². The Kier molecular flexibility index (Phi) is 8.06. The Bertz CT molecular complexity index is 1090. The predicted molar refractivity (Wildman–Crippen MR) is 136 cm³/mol. The van der Waals surface area contributed by atoms with E-state index >= 15 is 0 Å². The van der Waals surface area contributed by atoms with Crippen molar-refractivity contribution in [2.24, 2.45) is 5.73 Å². The number of nitrogens with two attached hydrogens (primary N) is 1. The van der Waals surface area contributed by atoms with Gasteiger partial charge in [0, 0.05) is 10.0 Å². The number of benzene rings is 3. The van der Waals surface area contributed by atoms with Gasteiger partial charge in [0.25, 0.3) is 5.91 Å². The highest BCUT2D eigenvalue weighted by molar-refractivity contribution is 6.30. The highest BCUT2D eigenvalue weighted by Crippen LogP contribution is 2.32. The molecule has 0 heterocycles. The van der Waals surface area contributed by atoms with Gasteiger partial charge in [-0.05, 0) is 65.4 Å². The maximum Gasteiger partial charge on any atom is 0.255 e. The Balaban J connectivity index is 1.97. The summed E-state index contributed by atoms with van der Waals surface area (Å²) in [5.74, 6) is 0.292. The molecule has 1 amide bonds. The number of halogens is 2. The predicted octanol–water partition coefficient (Wildman–Crippen LogP) is 6.86. The van der Waals surface area contributed by atoms with Crippen molar-refractivity contribution in [3.05, 3.63) is 99.0 Å². The molecule has 0 aliphatic heterocycles. The van der Waals surface area contributed by atoms with Crippen LogP contribution in [0.25, 0.3) is 0 Å². The highest BCUT2D eigenvalue weighted by Gasteiger charge is 2.26. The van der Waals surface area contributed by atoms with E-state index in [4.69, 9.17) is 33.7 Å². The second-order valence-corrected chi connectivity index (χ2v) is 9.85. The van der Waals surface area contributed by atoms with E-state index in [1.54, 1.807) is 24.3 Å². The number of rotatable bonds is 7. The summed E-state index contributed by atoms with van der Waals surface area (Å²) in [5.41, 5.74) is 9.83. The monoisotopic (exact) mass is 484 g/mol. The van der Waals surface area contributed by atoms with Crippen LogP contribution in [0.5, 0.6) is 5.75 Å². The first-order valence-electron chi connectivity index (χ1n) is 10.9. The van der Waals surface area contributed by atoms with E-state index in [1.165, 1.54) is 0 Å². The zero-order valence-corrected chi connectivity index (χ0v) is 20.9. The van der Waals surface area contributed by atoms with E-state index in [1.807, 2.05) is 49.4 Å². The van der Waals surface area contributed by atoms with E-state index in [9.17, 15) is 4.79 Å². The van der Waals surface area contributed by atoms with Gasteiger partial charge in [-0.3, -0.25) is 4.79 Å². The van der Waals surface area contributed by atoms with Gasteiger partial charge < -0.3 is 15.8 Å². The van der Waals surface area contributed by atoms with E-state index in [2.05, 4.69) is 26.1 Å². The summed E-state index contributed by atoms with van der Waals surface area (Å²) in [6.45, 7) is 8.73. The maximum atomic E-state index is 13.4. The van der Waals surface area contributed by atoms with Crippen molar-refractivity contribution in [1.29, 1.82) is 0 Å². The van der Waals surface area contributed by atoms with Gasteiger partial charge in [0.1, 0.15) is 5.75 Å². The normalized spacial score (nSPS) is 13.3. The van der Waals surface area contributed by atoms with Crippen molar-refractivity contribution in [2.75, 3.05) is 6.61 Å². The Hall–Kier alpha value is -2.53. The lowest BCUT2D eigenvalue weighted by Gasteiger charge is -2.27. The molecule has 4 nitrogen and oxygen atoms in total. The fourth-order valence-electron chi connectivity index (χ4n) is 3.60. The summed E-state index contributed by atoms with van der Waals surface area (Å²) in [4.78, 5) is 13.4. The van der Waals surface area contributed by atoms with E-state index < -0.39 is 12.1 Å². The molecular weight excluding hydrogens is 455 g/mol. The number of carbonyl (C=O) groups is 1. The lowest BCUT2D eigenvalue weighted by atomic mass is 9.86. The molecule has 3 aromatic rings. The van der Waals surface area contributed by atoms with Gasteiger partial charge >= 0.3 is 0 Å².